The molecule has 0 aliphatic rings. The molecule has 2 aromatic rings. The van der Waals surface area contributed by atoms with E-state index in [1.54, 1.807) is 25.3 Å². The number of para-hydroxylation sites is 1. The molecular weight excluding hydrogens is 389 g/mol. The van der Waals surface area contributed by atoms with Crippen LogP contribution in [-0.4, -0.2) is 24.2 Å². The summed E-state index contributed by atoms with van der Waals surface area (Å²) in [6, 6.07) is 10.2. The van der Waals surface area contributed by atoms with E-state index in [1.807, 2.05) is 32.0 Å². The first kappa shape index (κ1) is 21.4. The Morgan fingerprint density at radius 2 is 1.93 bits per heavy atom. The van der Waals surface area contributed by atoms with E-state index in [9.17, 15) is 9.90 Å². The maximum atomic E-state index is 11.4. The number of hydrogen-bond acceptors (Lipinski definition) is 4. The number of carbonyl (C=O) groups is 1. The van der Waals surface area contributed by atoms with E-state index in [1.165, 1.54) is 0 Å². The van der Waals surface area contributed by atoms with Gasteiger partial charge < -0.3 is 14.6 Å². The normalized spacial score (nSPS) is 12.1. The van der Waals surface area contributed by atoms with Crippen LogP contribution in [0.15, 0.2) is 36.4 Å². The number of carboxylic acids is 1. The van der Waals surface area contributed by atoms with Gasteiger partial charge in [-0.1, -0.05) is 55.2 Å². The predicted molar refractivity (Wildman–Crippen MR) is 107 cm³/mol. The highest BCUT2D eigenvalue weighted by atomic mass is 35.5. The van der Waals surface area contributed by atoms with Gasteiger partial charge in [-0.3, -0.25) is 10.1 Å². The summed E-state index contributed by atoms with van der Waals surface area (Å²) >= 11 is 12.0. The van der Waals surface area contributed by atoms with Crippen molar-refractivity contribution >= 4 is 29.2 Å². The summed E-state index contributed by atoms with van der Waals surface area (Å²) in [4.78, 5) is 11.4. The van der Waals surface area contributed by atoms with Crippen LogP contribution in [-0.2, 0) is 17.9 Å². The van der Waals surface area contributed by atoms with Crippen LogP contribution < -0.4 is 14.8 Å². The zero-order valence-electron chi connectivity index (χ0n) is 15.5. The second-order valence-electron chi connectivity index (χ2n) is 6.43. The van der Waals surface area contributed by atoms with Crippen LogP contribution in [0.5, 0.6) is 11.5 Å². The van der Waals surface area contributed by atoms with Gasteiger partial charge in [-0.15, -0.1) is 0 Å². The SMILES string of the molecule is COc1cccc(CNC(C(=O)O)C(C)C)c1OCc1ccc(Cl)c(Cl)c1. The minimum absolute atomic E-state index is 0.0475. The molecule has 0 spiro atoms. The number of halogens is 2. The second-order valence-corrected chi connectivity index (χ2v) is 7.24. The number of carboxylic acid groups (broad SMARTS) is 1. The molecule has 146 valence electrons. The van der Waals surface area contributed by atoms with E-state index in [0.717, 1.165) is 11.1 Å². The van der Waals surface area contributed by atoms with Crippen molar-refractivity contribution in [2.45, 2.75) is 33.0 Å². The van der Waals surface area contributed by atoms with E-state index < -0.39 is 12.0 Å². The molecule has 0 heterocycles. The first-order chi connectivity index (χ1) is 12.8. The van der Waals surface area contributed by atoms with Crippen molar-refractivity contribution < 1.29 is 19.4 Å². The molecule has 1 unspecified atom stereocenters. The molecule has 0 amide bonds. The number of benzene rings is 2. The van der Waals surface area contributed by atoms with Crippen LogP contribution in [0.3, 0.4) is 0 Å². The largest absolute Gasteiger partial charge is 0.493 e. The smallest absolute Gasteiger partial charge is 0.320 e. The molecular formula is C20H23Cl2NO4. The summed E-state index contributed by atoms with van der Waals surface area (Å²) in [6.45, 7) is 4.33. The van der Waals surface area contributed by atoms with E-state index in [-0.39, 0.29) is 12.5 Å². The van der Waals surface area contributed by atoms with Gasteiger partial charge in [-0.2, -0.15) is 0 Å². The minimum atomic E-state index is -0.883. The summed E-state index contributed by atoms with van der Waals surface area (Å²) in [5.74, 6) is 0.206. The van der Waals surface area contributed by atoms with Crippen LogP contribution in [0, 0.1) is 5.92 Å². The summed E-state index contributed by atoms with van der Waals surface area (Å²) in [6.07, 6.45) is 0. The van der Waals surface area contributed by atoms with Gasteiger partial charge in [-0.05, 0) is 29.7 Å². The summed E-state index contributed by atoms with van der Waals surface area (Å²) < 4.78 is 11.4. The quantitative estimate of drug-likeness (QED) is 0.621. The van der Waals surface area contributed by atoms with Crippen molar-refractivity contribution in [3.63, 3.8) is 0 Å². The predicted octanol–water partition coefficient (Wildman–Crippen LogP) is 4.78. The van der Waals surface area contributed by atoms with Crippen LogP contribution in [0.2, 0.25) is 10.0 Å². The topological polar surface area (TPSA) is 67.8 Å². The van der Waals surface area contributed by atoms with Crippen molar-refractivity contribution in [2.24, 2.45) is 5.92 Å². The lowest BCUT2D eigenvalue weighted by molar-refractivity contribution is -0.140. The Bertz CT molecular complexity index is 796. The highest BCUT2D eigenvalue weighted by Crippen LogP contribution is 2.32. The van der Waals surface area contributed by atoms with Crippen LogP contribution in [0.4, 0.5) is 0 Å². The molecule has 0 radical (unpaired) electrons. The standard InChI is InChI=1S/C20H23Cl2NO4/c1-12(2)18(20(24)25)23-10-14-5-4-6-17(26-3)19(14)27-11-13-7-8-15(21)16(22)9-13/h4-9,12,18,23H,10-11H2,1-3H3,(H,24,25). The number of ether oxygens (including phenoxy) is 2. The molecule has 1 atom stereocenters. The van der Waals surface area contributed by atoms with E-state index in [4.69, 9.17) is 32.7 Å². The lowest BCUT2D eigenvalue weighted by Crippen LogP contribution is -2.40. The Labute approximate surface area is 169 Å². The molecule has 0 saturated carbocycles. The van der Waals surface area contributed by atoms with Crippen molar-refractivity contribution in [2.75, 3.05) is 7.11 Å². The zero-order valence-corrected chi connectivity index (χ0v) is 17.0. The van der Waals surface area contributed by atoms with E-state index in [0.29, 0.717) is 28.1 Å². The lowest BCUT2D eigenvalue weighted by atomic mass is 10.0. The van der Waals surface area contributed by atoms with Gasteiger partial charge in [0.05, 0.1) is 17.2 Å². The van der Waals surface area contributed by atoms with E-state index in [2.05, 4.69) is 5.32 Å². The van der Waals surface area contributed by atoms with Gasteiger partial charge in [0.2, 0.25) is 0 Å². The maximum Gasteiger partial charge on any atom is 0.320 e. The Morgan fingerprint density at radius 3 is 2.52 bits per heavy atom. The van der Waals surface area contributed by atoms with Gasteiger partial charge >= 0.3 is 5.97 Å². The Morgan fingerprint density at radius 1 is 1.19 bits per heavy atom. The molecule has 0 fully saturated rings. The average Bonchev–Trinajstić information content (AvgIpc) is 2.62. The van der Waals surface area contributed by atoms with Crippen LogP contribution in [0.1, 0.15) is 25.0 Å². The highest BCUT2D eigenvalue weighted by Gasteiger charge is 2.21. The van der Waals surface area contributed by atoms with Crippen LogP contribution in [0.25, 0.3) is 0 Å². The number of methoxy groups -OCH3 is 1. The molecule has 2 N–H and O–H groups in total. The number of nitrogens with one attached hydrogen (secondary N) is 1. The van der Waals surface area contributed by atoms with Crippen molar-refractivity contribution in [3.8, 4) is 11.5 Å². The van der Waals surface area contributed by atoms with Crippen molar-refractivity contribution in [3.05, 3.63) is 57.6 Å². The van der Waals surface area contributed by atoms with Gasteiger partial charge in [0.1, 0.15) is 12.6 Å². The van der Waals surface area contributed by atoms with Gasteiger partial charge in [0.25, 0.3) is 0 Å². The fourth-order valence-corrected chi connectivity index (χ4v) is 2.96. The molecule has 0 aliphatic carbocycles. The first-order valence-electron chi connectivity index (χ1n) is 8.52. The first-order valence-corrected chi connectivity index (χ1v) is 9.27. The molecule has 27 heavy (non-hydrogen) atoms. The molecule has 5 nitrogen and oxygen atoms in total. The van der Waals surface area contributed by atoms with Gasteiger partial charge in [0, 0.05) is 12.1 Å². The second kappa shape index (κ2) is 9.83. The fraction of sp³-hybridized carbons (Fsp3) is 0.350. The molecule has 0 aromatic heterocycles. The third kappa shape index (κ3) is 5.76. The maximum absolute atomic E-state index is 11.4. The minimum Gasteiger partial charge on any atom is -0.493 e. The monoisotopic (exact) mass is 411 g/mol. The molecule has 0 aliphatic heterocycles. The van der Waals surface area contributed by atoms with Gasteiger partial charge in [0.15, 0.2) is 11.5 Å². The molecule has 0 bridgehead atoms. The number of rotatable bonds is 9. The highest BCUT2D eigenvalue weighted by molar-refractivity contribution is 6.42. The number of hydrogen-bond donors (Lipinski definition) is 2. The molecule has 0 saturated heterocycles. The number of aliphatic carboxylic acids is 1. The summed E-state index contributed by atoms with van der Waals surface area (Å²) in [5.41, 5.74) is 1.67. The Balaban J connectivity index is 2.18. The lowest BCUT2D eigenvalue weighted by Gasteiger charge is -2.20. The third-order valence-electron chi connectivity index (χ3n) is 4.09. The zero-order chi connectivity index (χ0) is 20.0. The van der Waals surface area contributed by atoms with Crippen molar-refractivity contribution in [1.82, 2.24) is 5.32 Å². The molecule has 2 aromatic carbocycles. The molecule has 2 rings (SSSR count). The van der Waals surface area contributed by atoms with Crippen molar-refractivity contribution in [1.29, 1.82) is 0 Å². The third-order valence-corrected chi connectivity index (χ3v) is 4.83. The van der Waals surface area contributed by atoms with Gasteiger partial charge in [-0.25, -0.2) is 0 Å². The average molecular weight is 412 g/mol. The summed E-state index contributed by atoms with van der Waals surface area (Å²) in [5, 5.41) is 13.4. The fourth-order valence-electron chi connectivity index (χ4n) is 2.64. The van der Waals surface area contributed by atoms with E-state index >= 15 is 0 Å². The Hall–Kier alpha value is -1.95. The molecule has 7 heteroatoms. The Kier molecular flexibility index (Phi) is 7.78. The summed E-state index contributed by atoms with van der Waals surface area (Å²) in [7, 11) is 1.56. The van der Waals surface area contributed by atoms with Crippen LogP contribution >= 0.6 is 23.2 Å².